The van der Waals surface area contributed by atoms with Crippen molar-refractivity contribution in [1.82, 2.24) is 5.32 Å². The van der Waals surface area contributed by atoms with Crippen molar-refractivity contribution < 1.29 is 9.53 Å². The fraction of sp³-hybridized carbons (Fsp3) is 0.588. The maximum absolute atomic E-state index is 12.1. The predicted octanol–water partition coefficient (Wildman–Crippen LogP) is 2.51. The van der Waals surface area contributed by atoms with Gasteiger partial charge in [0.2, 0.25) is 0 Å². The highest BCUT2D eigenvalue weighted by Gasteiger charge is 2.30. The minimum Gasteiger partial charge on any atom is -0.465 e. The summed E-state index contributed by atoms with van der Waals surface area (Å²) in [6.07, 6.45) is 2.32. The van der Waals surface area contributed by atoms with E-state index in [-0.39, 0.29) is 12.0 Å². The third-order valence-corrected chi connectivity index (χ3v) is 3.77. The Kier molecular flexibility index (Phi) is 5.62. The van der Waals surface area contributed by atoms with E-state index in [1.165, 1.54) is 5.56 Å². The summed E-state index contributed by atoms with van der Waals surface area (Å²) in [4.78, 5) is 14.4. The lowest BCUT2D eigenvalue weighted by Crippen LogP contribution is -2.48. The summed E-state index contributed by atoms with van der Waals surface area (Å²) < 4.78 is 5.20. The number of anilines is 1. The van der Waals surface area contributed by atoms with Gasteiger partial charge in [0.15, 0.2) is 0 Å². The first kappa shape index (κ1) is 15.8. The molecule has 0 spiro atoms. The van der Waals surface area contributed by atoms with E-state index in [0.717, 1.165) is 25.1 Å². The van der Waals surface area contributed by atoms with Gasteiger partial charge in [0.25, 0.3) is 0 Å². The number of ether oxygens (including phenoxy) is 1. The minimum atomic E-state index is -0.251. The van der Waals surface area contributed by atoms with Crippen LogP contribution in [0.2, 0.25) is 0 Å². The Morgan fingerprint density at radius 2 is 2.00 bits per heavy atom. The number of carbonyl (C=O) groups excluding carboxylic acids is 1. The Morgan fingerprint density at radius 3 is 2.52 bits per heavy atom. The van der Waals surface area contributed by atoms with Crippen molar-refractivity contribution in [3.8, 4) is 0 Å². The van der Waals surface area contributed by atoms with Crippen molar-refractivity contribution in [2.75, 3.05) is 24.6 Å². The largest absolute Gasteiger partial charge is 0.465 e. The summed E-state index contributed by atoms with van der Waals surface area (Å²) in [5, 5.41) is 3.41. The summed E-state index contributed by atoms with van der Waals surface area (Å²) in [6, 6.07) is 8.66. The monoisotopic (exact) mass is 290 g/mol. The van der Waals surface area contributed by atoms with E-state index in [4.69, 9.17) is 4.74 Å². The third kappa shape index (κ3) is 4.74. The Balaban J connectivity index is 2.04. The second-order valence-electron chi connectivity index (χ2n) is 5.62. The zero-order valence-corrected chi connectivity index (χ0v) is 13.3. The van der Waals surface area contributed by atoms with Gasteiger partial charge in [0.05, 0.1) is 6.61 Å². The standard InChI is InChI=1S/C17H26N2O2/c1-4-19(15-10-6-13(3)7-11-15)12-16(17(20)21-5-2)18-14-8-9-14/h6-7,10-11,14,16,18H,4-5,8-9,12H2,1-3H3. The van der Waals surface area contributed by atoms with Gasteiger partial charge in [0, 0.05) is 24.8 Å². The Hall–Kier alpha value is -1.55. The van der Waals surface area contributed by atoms with Crippen LogP contribution in [0, 0.1) is 6.92 Å². The number of nitrogens with zero attached hydrogens (tertiary/aromatic N) is 1. The average molecular weight is 290 g/mol. The number of carbonyl (C=O) groups is 1. The van der Waals surface area contributed by atoms with E-state index in [2.05, 4.69) is 48.3 Å². The number of rotatable bonds is 8. The number of hydrogen-bond donors (Lipinski definition) is 1. The van der Waals surface area contributed by atoms with Crippen molar-refractivity contribution in [1.29, 1.82) is 0 Å². The van der Waals surface area contributed by atoms with Gasteiger partial charge in [-0.2, -0.15) is 0 Å². The molecule has 1 aliphatic carbocycles. The SMILES string of the molecule is CCOC(=O)C(CN(CC)c1ccc(C)cc1)NC1CC1. The summed E-state index contributed by atoms with van der Waals surface area (Å²) in [7, 11) is 0. The third-order valence-electron chi connectivity index (χ3n) is 3.77. The van der Waals surface area contributed by atoms with Crippen LogP contribution in [0.15, 0.2) is 24.3 Å². The molecule has 1 aliphatic rings. The van der Waals surface area contributed by atoms with Crippen molar-refractivity contribution in [3.05, 3.63) is 29.8 Å². The molecule has 0 amide bonds. The second kappa shape index (κ2) is 7.46. The van der Waals surface area contributed by atoms with Crippen LogP contribution >= 0.6 is 0 Å². The van der Waals surface area contributed by atoms with Crippen molar-refractivity contribution >= 4 is 11.7 Å². The van der Waals surface area contributed by atoms with Crippen molar-refractivity contribution in [3.63, 3.8) is 0 Å². The highest BCUT2D eigenvalue weighted by atomic mass is 16.5. The fourth-order valence-electron chi connectivity index (χ4n) is 2.37. The maximum atomic E-state index is 12.1. The molecule has 0 radical (unpaired) electrons. The molecule has 1 unspecified atom stereocenters. The molecule has 1 saturated carbocycles. The van der Waals surface area contributed by atoms with Gasteiger partial charge in [0.1, 0.15) is 6.04 Å². The molecule has 0 aliphatic heterocycles. The Labute approximate surface area is 127 Å². The van der Waals surface area contributed by atoms with Crippen LogP contribution in [0.4, 0.5) is 5.69 Å². The molecule has 1 atom stereocenters. The summed E-state index contributed by atoms with van der Waals surface area (Å²) in [5.41, 5.74) is 2.39. The average Bonchev–Trinajstić information content (AvgIpc) is 3.29. The lowest BCUT2D eigenvalue weighted by atomic mass is 10.2. The van der Waals surface area contributed by atoms with Gasteiger partial charge in [-0.1, -0.05) is 17.7 Å². The number of esters is 1. The maximum Gasteiger partial charge on any atom is 0.324 e. The molecular weight excluding hydrogens is 264 g/mol. The normalized spacial score (nSPS) is 15.6. The lowest BCUT2D eigenvalue weighted by Gasteiger charge is -2.28. The highest BCUT2D eigenvalue weighted by molar-refractivity contribution is 5.77. The highest BCUT2D eigenvalue weighted by Crippen LogP contribution is 2.21. The Bertz CT molecular complexity index is 454. The van der Waals surface area contributed by atoms with Crippen molar-refractivity contribution in [2.45, 2.75) is 45.7 Å². The number of nitrogens with one attached hydrogen (secondary N) is 1. The van der Waals surface area contributed by atoms with Crippen LogP contribution in [-0.2, 0) is 9.53 Å². The van der Waals surface area contributed by atoms with Gasteiger partial charge in [-0.3, -0.25) is 4.79 Å². The fourth-order valence-corrected chi connectivity index (χ4v) is 2.37. The molecule has 0 saturated heterocycles. The molecule has 0 aromatic heterocycles. The number of aryl methyl sites for hydroxylation is 1. The van der Waals surface area contributed by atoms with Gasteiger partial charge >= 0.3 is 5.97 Å². The Morgan fingerprint density at radius 1 is 1.33 bits per heavy atom. The molecule has 0 bridgehead atoms. The van der Waals surface area contributed by atoms with E-state index < -0.39 is 0 Å². The van der Waals surface area contributed by atoms with Gasteiger partial charge in [-0.15, -0.1) is 0 Å². The number of benzene rings is 1. The van der Waals surface area contributed by atoms with E-state index in [1.54, 1.807) is 0 Å². The van der Waals surface area contributed by atoms with E-state index in [9.17, 15) is 4.79 Å². The first-order chi connectivity index (χ1) is 10.1. The van der Waals surface area contributed by atoms with Gasteiger partial charge in [-0.05, 0) is 45.7 Å². The van der Waals surface area contributed by atoms with E-state index in [0.29, 0.717) is 19.2 Å². The summed E-state index contributed by atoms with van der Waals surface area (Å²) >= 11 is 0. The molecule has 1 fully saturated rings. The first-order valence-corrected chi connectivity index (χ1v) is 7.88. The van der Waals surface area contributed by atoms with Crippen LogP contribution in [0.25, 0.3) is 0 Å². The van der Waals surface area contributed by atoms with Crippen LogP contribution in [0.5, 0.6) is 0 Å². The number of hydrogen-bond acceptors (Lipinski definition) is 4. The molecular formula is C17H26N2O2. The summed E-state index contributed by atoms with van der Waals surface area (Å²) in [6.45, 7) is 7.98. The second-order valence-corrected chi connectivity index (χ2v) is 5.62. The topological polar surface area (TPSA) is 41.6 Å². The molecule has 0 heterocycles. The van der Waals surface area contributed by atoms with Crippen LogP contribution < -0.4 is 10.2 Å². The molecule has 2 rings (SSSR count). The quantitative estimate of drug-likeness (QED) is 0.747. The molecule has 1 aromatic carbocycles. The molecule has 1 aromatic rings. The van der Waals surface area contributed by atoms with Crippen LogP contribution in [0.3, 0.4) is 0 Å². The molecule has 4 heteroatoms. The zero-order chi connectivity index (χ0) is 15.2. The molecule has 21 heavy (non-hydrogen) atoms. The van der Waals surface area contributed by atoms with Crippen molar-refractivity contribution in [2.24, 2.45) is 0 Å². The van der Waals surface area contributed by atoms with Gasteiger partial charge in [-0.25, -0.2) is 0 Å². The minimum absolute atomic E-state index is 0.144. The smallest absolute Gasteiger partial charge is 0.324 e. The lowest BCUT2D eigenvalue weighted by molar-refractivity contribution is -0.145. The predicted molar refractivity (Wildman–Crippen MR) is 85.6 cm³/mol. The molecule has 4 nitrogen and oxygen atoms in total. The summed E-state index contributed by atoms with van der Waals surface area (Å²) in [5.74, 6) is -0.144. The number of likely N-dealkylation sites (N-methyl/N-ethyl adjacent to an activating group) is 1. The van der Waals surface area contributed by atoms with Gasteiger partial charge < -0.3 is 15.0 Å². The van der Waals surface area contributed by atoms with E-state index in [1.807, 2.05) is 6.92 Å². The first-order valence-electron chi connectivity index (χ1n) is 7.88. The van der Waals surface area contributed by atoms with Crippen LogP contribution in [-0.4, -0.2) is 37.7 Å². The molecule has 1 N–H and O–H groups in total. The zero-order valence-electron chi connectivity index (χ0n) is 13.3. The van der Waals surface area contributed by atoms with Crippen LogP contribution in [0.1, 0.15) is 32.3 Å². The molecule has 116 valence electrons. The van der Waals surface area contributed by atoms with E-state index >= 15 is 0 Å².